The van der Waals surface area contributed by atoms with Gasteiger partial charge in [0.2, 0.25) is 0 Å². The van der Waals surface area contributed by atoms with E-state index >= 15 is 0 Å². The lowest BCUT2D eigenvalue weighted by Gasteiger charge is -2.23. The first-order valence-corrected chi connectivity index (χ1v) is 8.45. The molecule has 0 bridgehead atoms. The summed E-state index contributed by atoms with van der Waals surface area (Å²) in [6.45, 7) is 0.618. The van der Waals surface area contributed by atoms with Gasteiger partial charge in [0.1, 0.15) is 0 Å². The first-order chi connectivity index (χ1) is 10.3. The maximum atomic E-state index is 14.1. The Labute approximate surface area is 139 Å². The van der Waals surface area contributed by atoms with Gasteiger partial charge in [-0.1, -0.05) is 17.7 Å². The van der Waals surface area contributed by atoms with Crippen LogP contribution in [-0.2, 0) is 6.42 Å². The number of primary amides is 1. The Morgan fingerprint density at radius 1 is 1.50 bits per heavy atom. The van der Waals surface area contributed by atoms with Crippen LogP contribution in [0.15, 0.2) is 12.1 Å². The van der Waals surface area contributed by atoms with Crippen LogP contribution in [-0.4, -0.2) is 48.0 Å². The molecule has 1 heterocycles. The summed E-state index contributed by atoms with van der Waals surface area (Å²) in [5, 5.41) is 0.695. The maximum absolute atomic E-state index is 14.1. The standard InChI is InChI=1S/C15H21ClFN3OS/c1-20(2)11-6-9(22-12(11)7-18)5-8-3-4-10(15(19)21)14(17)13(8)16/h3-4,9,11-12H,5-7,18H2,1-2H3,(H2,19,21)/t9?,11?,12-/m0/s1. The maximum Gasteiger partial charge on any atom is 0.251 e. The molecular formula is C15H21ClFN3OS. The van der Waals surface area contributed by atoms with Crippen molar-refractivity contribution in [3.63, 3.8) is 0 Å². The summed E-state index contributed by atoms with van der Waals surface area (Å²) in [6.07, 6.45) is 1.63. The number of rotatable bonds is 5. The number of hydrogen-bond donors (Lipinski definition) is 2. The second kappa shape index (κ2) is 7.17. The summed E-state index contributed by atoms with van der Waals surface area (Å²) >= 11 is 7.89. The van der Waals surface area contributed by atoms with E-state index in [1.165, 1.54) is 6.07 Å². The van der Waals surface area contributed by atoms with Crippen molar-refractivity contribution in [2.24, 2.45) is 11.5 Å². The quantitative estimate of drug-likeness (QED) is 0.854. The Kier molecular flexibility index (Phi) is 5.71. The van der Waals surface area contributed by atoms with E-state index < -0.39 is 11.7 Å². The van der Waals surface area contributed by atoms with Gasteiger partial charge in [-0.05, 0) is 38.6 Å². The van der Waals surface area contributed by atoms with E-state index in [1.54, 1.807) is 6.07 Å². The summed E-state index contributed by atoms with van der Waals surface area (Å²) < 4.78 is 14.1. The molecule has 122 valence electrons. The van der Waals surface area contributed by atoms with E-state index in [4.69, 9.17) is 23.1 Å². The van der Waals surface area contributed by atoms with Gasteiger partial charge < -0.3 is 16.4 Å². The molecule has 0 aromatic heterocycles. The van der Waals surface area contributed by atoms with Crippen LogP contribution < -0.4 is 11.5 Å². The second-order valence-corrected chi connectivity index (χ2v) is 7.69. The molecule has 0 saturated carbocycles. The molecule has 1 aromatic carbocycles. The molecule has 1 aliphatic heterocycles. The molecule has 3 atom stereocenters. The average molecular weight is 346 g/mol. The summed E-state index contributed by atoms with van der Waals surface area (Å²) in [7, 11) is 4.09. The molecule has 1 amide bonds. The van der Waals surface area contributed by atoms with Gasteiger partial charge in [0.05, 0.1) is 10.6 Å². The van der Waals surface area contributed by atoms with E-state index in [9.17, 15) is 9.18 Å². The second-order valence-electron chi connectivity index (χ2n) is 5.77. The van der Waals surface area contributed by atoms with E-state index in [1.807, 2.05) is 25.9 Å². The van der Waals surface area contributed by atoms with Gasteiger partial charge in [-0.25, -0.2) is 4.39 Å². The summed E-state index contributed by atoms with van der Waals surface area (Å²) in [6, 6.07) is 3.50. The third kappa shape index (κ3) is 3.56. The SMILES string of the molecule is CN(C)C1CC(Cc2ccc(C(N)=O)c(F)c2Cl)S[C@H]1CN. The van der Waals surface area contributed by atoms with Crippen molar-refractivity contribution in [2.75, 3.05) is 20.6 Å². The Morgan fingerprint density at radius 2 is 2.18 bits per heavy atom. The third-order valence-corrected chi connectivity index (χ3v) is 6.08. The fraction of sp³-hybridized carbons (Fsp3) is 0.533. The highest BCUT2D eigenvalue weighted by atomic mass is 35.5. The minimum absolute atomic E-state index is 0.00509. The van der Waals surface area contributed by atoms with E-state index in [2.05, 4.69) is 4.90 Å². The van der Waals surface area contributed by atoms with Gasteiger partial charge in [0.15, 0.2) is 5.82 Å². The van der Waals surface area contributed by atoms with Crippen LogP contribution >= 0.6 is 23.4 Å². The zero-order chi connectivity index (χ0) is 16.4. The predicted molar refractivity (Wildman–Crippen MR) is 89.9 cm³/mol. The van der Waals surface area contributed by atoms with E-state index in [-0.39, 0.29) is 10.6 Å². The summed E-state index contributed by atoms with van der Waals surface area (Å²) in [5.74, 6) is -1.54. The zero-order valence-corrected chi connectivity index (χ0v) is 14.3. The van der Waals surface area contributed by atoms with Crippen LogP contribution in [0, 0.1) is 5.82 Å². The fourth-order valence-corrected chi connectivity index (χ4v) is 4.85. The molecule has 0 aliphatic carbocycles. The Bertz CT molecular complexity index is 570. The van der Waals surface area contributed by atoms with Crippen LogP contribution in [0.4, 0.5) is 4.39 Å². The van der Waals surface area contributed by atoms with E-state index in [0.29, 0.717) is 35.1 Å². The van der Waals surface area contributed by atoms with Crippen LogP contribution in [0.2, 0.25) is 5.02 Å². The highest BCUT2D eigenvalue weighted by Gasteiger charge is 2.35. The minimum Gasteiger partial charge on any atom is -0.366 e. The first kappa shape index (κ1) is 17.5. The van der Waals surface area contributed by atoms with Gasteiger partial charge >= 0.3 is 0 Å². The van der Waals surface area contributed by atoms with Gasteiger partial charge in [-0.15, -0.1) is 0 Å². The smallest absolute Gasteiger partial charge is 0.251 e. The van der Waals surface area contributed by atoms with Crippen LogP contribution in [0.3, 0.4) is 0 Å². The average Bonchev–Trinajstić information content (AvgIpc) is 2.87. The van der Waals surface area contributed by atoms with Gasteiger partial charge in [-0.2, -0.15) is 11.8 Å². The Morgan fingerprint density at radius 3 is 2.68 bits per heavy atom. The zero-order valence-electron chi connectivity index (χ0n) is 12.7. The van der Waals surface area contributed by atoms with Crippen LogP contribution in [0.25, 0.3) is 0 Å². The monoisotopic (exact) mass is 345 g/mol. The van der Waals surface area contributed by atoms with Gasteiger partial charge in [-0.3, -0.25) is 4.79 Å². The number of carbonyl (C=O) groups excluding carboxylic acids is 1. The predicted octanol–water partition coefficient (Wildman–Crippen LogP) is 1.88. The molecule has 22 heavy (non-hydrogen) atoms. The number of nitrogens with zero attached hydrogens (tertiary/aromatic N) is 1. The van der Waals surface area contributed by atoms with Crippen molar-refractivity contribution >= 4 is 29.3 Å². The van der Waals surface area contributed by atoms with Crippen molar-refractivity contribution < 1.29 is 9.18 Å². The Balaban J connectivity index is 2.15. The largest absolute Gasteiger partial charge is 0.366 e. The molecule has 7 heteroatoms. The van der Waals surface area contributed by atoms with E-state index in [0.717, 1.165) is 6.42 Å². The van der Waals surface area contributed by atoms with Gasteiger partial charge in [0, 0.05) is 23.1 Å². The molecule has 2 unspecified atom stereocenters. The number of hydrogen-bond acceptors (Lipinski definition) is 4. The lowest BCUT2D eigenvalue weighted by molar-refractivity contribution is 0.0996. The number of amides is 1. The number of nitrogens with two attached hydrogens (primary N) is 2. The lowest BCUT2D eigenvalue weighted by Crippen LogP contribution is -2.37. The molecule has 1 aromatic rings. The van der Waals surface area contributed by atoms with Crippen LogP contribution in [0.5, 0.6) is 0 Å². The highest BCUT2D eigenvalue weighted by molar-refractivity contribution is 8.00. The lowest BCUT2D eigenvalue weighted by atomic mass is 10.0. The molecule has 4 N–H and O–H groups in total. The minimum atomic E-state index is -0.808. The van der Waals surface area contributed by atoms with Crippen molar-refractivity contribution in [3.05, 3.63) is 34.1 Å². The molecule has 1 fully saturated rings. The topological polar surface area (TPSA) is 72.3 Å². The number of benzene rings is 1. The number of thioether (sulfide) groups is 1. The van der Waals surface area contributed by atoms with Crippen molar-refractivity contribution in [2.45, 2.75) is 29.4 Å². The molecule has 1 aliphatic rings. The third-order valence-electron chi connectivity index (χ3n) is 4.07. The number of halogens is 2. The molecule has 0 radical (unpaired) electrons. The van der Waals surface area contributed by atoms with Crippen LogP contribution in [0.1, 0.15) is 22.3 Å². The highest BCUT2D eigenvalue weighted by Crippen LogP contribution is 2.38. The number of carbonyl (C=O) groups is 1. The summed E-state index contributed by atoms with van der Waals surface area (Å²) in [4.78, 5) is 13.3. The molecule has 1 saturated heterocycles. The summed E-state index contributed by atoms with van der Waals surface area (Å²) in [5.41, 5.74) is 11.5. The Hall–Kier alpha value is -0.820. The fourth-order valence-electron chi connectivity index (χ4n) is 2.88. The molecule has 0 spiro atoms. The normalized spacial score (nSPS) is 24.9. The van der Waals surface area contributed by atoms with Crippen molar-refractivity contribution in [3.8, 4) is 0 Å². The first-order valence-electron chi connectivity index (χ1n) is 7.13. The van der Waals surface area contributed by atoms with Crippen molar-refractivity contribution in [1.29, 1.82) is 0 Å². The molecule has 4 nitrogen and oxygen atoms in total. The van der Waals surface area contributed by atoms with Crippen molar-refractivity contribution in [1.82, 2.24) is 4.90 Å². The molecular weight excluding hydrogens is 325 g/mol. The molecule has 2 rings (SSSR count). The van der Waals surface area contributed by atoms with Gasteiger partial charge in [0.25, 0.3) is 5.91 Å².